The molecule has 2 aromatic carbocycles. The van der Waals surface area contributed by atoms with Crippen molar-refractivity contribution in [3.05, 3.63) is 53.6 Å². The fourth-order valence-corrected chi connectivity index (χ4v) is 6.04. The van der Waals surface area contributed by atoms with Crippen LogP contribution in [0.1, 0.15) is 42.1 Å². The fraction of sp³-hybridized carbons (Fsp3) is 0.409. The number of rotatable bonds is 8. The lowest BCUT2D eigenvalue weighted by Gasteiger charge is -2.27. The molecular formula is C22H28N2O6S2. The Balaban J connectivity index is 1.84. The van der Waals surface area contributed by atoms with Gasteiger partial charge in [-0.3, -0.25) is 4.79 Å². The quantitative estimate of drug-likeness (QED) is 0.622. The van der Waals surface area contributed by atoms with Crippen molar-refractivity contribution < 1.29 is 26.4 Å². The maximum Gasteiger partial charge on any atom is 0.255 e. The number of benzene rings is 2. The Morgan fingerprint density at radius 3 is 2.25 bits per heavy atom. The van der Waals surface area contributed by atoms with Gasteiger partial charge >= 0.3 is 0 Å². The molecule has 0 aromatic heterocycles. The van der Waals surface area contributed by atoms with E-state index in [0.717, 1.165) is 25.5 Å². The van der Waals surface area contributed by atoms with E-state index in [1.807, 2.05) is 0 Å². The smallest absolute Gasteiger partial charge is 0.255 e. The summed E-state index contributed by atoms with van der Waals surface area (Å²) in [4.78, 5) is 12.7. The summed E-state index contributed by atoms with van der Waals surface area (Å²) in [7, 11) is -6.93. The van der Waals surface area contributed by atoms with Gasteiger partial charge in [0.2, 0.25) is 10.0 Å². The number of nitrogens with zero attached hydrogens (tertiary/aromatic N) is 1. The Morgan fingerprint density at radius 2 is 1.66 bits per heavy atom. The maximum absolute atomic E-state index is 13.2. The van der Waals surface area contributed by atoms with Crippen molar-refractivity contribution in [2.24, 2.45) is 0 Å². The Hall–Kier alpha value is -2.43. The molecule has 1 aliphatic heterocycles. The summed E-state index contributed by atoms with van der Waals surface area (Å²) < 4.78 is 56.3. The van der Waals surface area contributed by atoms with Gasteiger partial charge in [-0.1, -0.05) is 18.6 Å². The first kappa shape index (κ1) is 24.2. The van der Waals surface area contributed by atoms with E-state index >= 15 is 0 Å². The average Bonchev–Trinajstić information content (AvgIpc) is 2.75. The zero-order valence-corrected chi connectivity index (χ0v) is 19.8. The Kier molecular flexibility index (Phi) is 7.58. The zero-order valence-electron chi connectivity index (χ0n) is 18.2. The number of nitrogens with one attached hydrogen (secondary N) is 1. The first-order chi connectivity index (χ1) is 15.1. The lowest BCUT2D eigenvalue weighted by Crippen LogP contribution is -2.35. The number of hydrogen-bond acceptors (Lipinski definition) is 6. The van der Waals surface area contributed by atoms with Crippen LogP contribution in [0.5, 0.6) is 5.75 Å². The summed E-state index contributed by atoms with van der Waals surface area (Å²) >= 11 is 0. The van der Waals surface area contributed by atoms with Crippen LogP contribution in [0.25, 0.3) is 0 Å². The minimum Gasteiger partial charge on any atom is -0.492 e. The molecule has 0 unspecified atom stereocenters. The third kappa shape index (κ3) is 6.08. The van der Waals surface area contributed by atoms with Crippen LogP contribution in [-0.4, -0.2) is 53.0 Å². The number of carbonyl (C=O) groups excluding carboxylic acids is 1. The maximum atomic E-state index is 13.2. The number of carbonyl (C=O) groups is 1. The average molecular weight is 481 g/mol. The highest BCUT2D eigenvalue weighted by Crippen LogP contribution is 2.31. The van der Waals surface area contributed by atoms with Gasteiger partial charge in [0.25, 0.3) is 5.91 Å². The minimum atomic E-state index is -3.76. The molecular weight excluding hydrogens is 452 g/mol. The highest BCUT2D eigenvalue weighted by Gasteiger charge is 2.29. The third-order valence-corrected chi connectivity index (χ3v) is 7.86. The molecule has 10 heteroatoms. The van der Waals surface area contributed by atoms with Crippen molar-refractivity contribution in [1.29, 1.82) is 0 Å². The number of piperidine rings is 1. The highest BCUT2D eigenvalue weighted by molar-refractivity contribution is 7.90. The van der Waals surface area contributed by atoms with Gasteiger partial charge in [-0.15, -0.1) is 0 Å². The molecule has 1 aliphatic rings. The first-order valence-electron chi connectivity index (χ1n) is 10.4. The van der Waals surface area contributed by atoms with Crippen LogP contribution in [-0.2, 0) is 25.6 Å². The van der Waals surface area contributed by atoms with Crippen LogP contribution in [0, 0.1) is 0 Å². The molecule has 174 valence electrons. The van der Waals surface area contributed by atoms with Crippen molar-refractivity contribution in [2.75, 3.05) is 31.3 Å². The molecule has 1 amide bonds. The largest absolute Gasteiger partial charge is 0.492 e. The molecule has 1 saturated heterocycles. The first-order valence-corrected chi connectivity index (χ1v) is 14.0. The molecule has 0 spiro atoms. The van der Waals surface area contributed by atoms with Gasteiger partial charge in [0, 0.05) is 30.6 Å². The van der Waals surface area contributed by atoms with Gasteiger partial charge in [-0.25, -0.2) is 16.8 Å². The van der Waals surface area contributed by atoms with Crippen LogP contribution in [0.2, 0.25) is 0 Å². The van der Waals surface area contributed by atoms with Crippen molar-refractivity contribution >= 4 is 31.5 Å². The molecule has 0 saturated carbocycles. The van der Waals surface area contributed by atoms with Crippen molar-refractivity contribution in [3.8, 4) is 5.75 Å². The lowest BCUT2D eigenvalue weighted by molar-refractivity contribution is 0.102. The molecule has 2 aromatic rings. The standard InChI is InChI=1S/C22H28N2O6S2/c1-3-30-20-12-11-19(15-21(20)32(28,29)24-13-5-4-6-14-24)23-22(25)18-9-7-17(8-10-18)16-31(2,26)27/h7-12,15H,3-6,13-14,16H2,1-2H3,(H,23,25). The summed E-state index contributed by atoms with van der Waals surface area (Å²) in [6, 6.07) is 10.8. The number of hydrogen-bond donors (Lipinski definition) is 1. The Bertz CT molecular complexity index is 1170. The van der Waals surface area contributed by atoms with E-state index in [2.05, 4.69) is 5.32 Å². The zero-order chi connectivity index (χ0) is 23.4. The molecule has 1 heterocycles. The van der Waals surface area contributed by atoms with E-state index in [1.165, 1.54) is 22.5 Å². The van der Waals surface area contributed by atoms with Gasteiger partial charge in [-0.2, -0.15) is 4.31 Å². The second-order valence-corrected chi connectivity index (χ2v) is 11.8. The highest BCUT2D eigenvalue weighted by atomic mass is 32.2. The summed E-state index contributed by atoms with van der Waals surface area (Å²) in [6.07, 6.45) is 3.78. The number of sulfone groups is 1. The van der Waals surface area contributed by atoms with Crippen molar-refractivity contribution in [2.45, 2.75) is 36.8 Å². The second-order valence-electron chi connectivity index (χ2n) is 7.78. The second kappa shape index (κ2) is 10.0. The minimum absolute atomic E-state index is 0.0301. The van der Waals surface area contributed by atoms with E-state index in [9.17, 15) is 21.6 Å². The van der Waals surface area contributed by atoms with Gasteiger partial charge in [0.05, 0.1) is 12.4 Å². The summed E-state index contributed by atoms with van der Waals surface area (Å²) in [6.45, 7) is 3.02. The lowest BCUT2D eigenvalue weighted by atomic mass is 10.1. The summed E-state index contributed by atoms with van der Waals surface area (Å²) in [5, 5.41) is 2.71. The van der Waals surface area contributed by atoms with Crippen LogP contribution in [0.3, 0.4) is 0 Å². The topological polar surface area (TPSA) is 110 Å². The van der Waals surface area contributed by atoms with Gasteiger partial charge < -0.3 is 10.1 Å². The Morgan fingerprint density at radius 1 is 1.00 bits per heavy atom. The molecule has 1 fully saturated rings. The number of ether oxygens (including phenoxy) is 1. The molecule has 32 heavy (non-hydrogen) atoms. The number of amides is 1. The van der Waals surface area contributed by atoms with E-state index < -0.39 is 25.8 Å². The van der Waals surface area contributed by atoms with Gasteiger partial charge in [0.15, 0.2) is 9.84 Å². The monoisotopic (exact) mass is 480 g/mol. The number of sulfonamides is 1. The van der Waals surface area contributed by atoms with Crippen LogP contribution < -0.4 is 10.1 Å². The van der Waals surface area contributed by atoms with Crippen LogP contribution in [0.4, 0.5) is 5.69 Å². The molecule has 8 nitrogen and oxygen atoms in total. The predicted octanol–water partition coefficient (Wildman–Crippen LogP) is 3.06. The molecule has 0 radical (unpaired) electrons. The normalized spacial score (nSPS) is 15.3. The van der Waals surface area contributed by atoms with E-state index in [1.54, 1.807) is 31.2 Å². The summed E-state index contributed by atoms with van der Waals surface area (Å²) in [5.74, 6) is -0.284. The van der Waals surface area contributed by atoms with E-state index in [4.69, 9.17) is 4.74 Å². The van der Waals surface area contributed by atoms with Crippen molar-refractivity contribution in [3.63, 3.8) is 0 Å². The molecule has 0 bridgehead atoms. The van der Waals surface area contributed by atoms with Crippen LogP contribution in [0.15, 0.2) is 47.4 Å². The molecule has 1 N–H and O–H groups in total. The fourth-order valence-electron chi connectivity index (χ4n) is 3.56. The van der Waals surface area contributed by atoms with Crippen molar-refractivity contribution in [1.82, 2.24) is 4.31 Å². The van der Waals surface area contributed by atoms with Gasteiger partial charge in [-0.05, 0) is 55.7 Å². The molecule has 3 rings (SSSR count). The Labute approximate surface area is 189 Å². The summed E-state index contributed by atoms with van der Waals surface area (Å²) in [5.41, 5.74) is 1.24. The third-order valence-electron chi connectivity index (χ3n) is 5.08. The van der Waals surface area contributed by atoms with Crippen LogP contribution >= 0.6 is 0 Å². The molecule has 0 aliphatic carbocycles. The number of anilines is 1. The van der Waals surface area contributed by atoms with E-state index in [0.29, 0.717) is 36.5 Å². The molecule has 0 atom stereocenters. The van der Waals surface area contributed by atoms with Gasteiger partial charge in [0.1, 0.15) is 10.6 Å². The van der Waals surface area contributed by atoms with E-state index in [-0.39, 0.29) is 16.4 Å². The SMILES string of the molecule is CCOc1ccc(NC(=O)c2ccc(CS(C)(=O)=O)cc2)cc1S(=O)(=O)N1CCCCC1. The predicted molar refractivity (Wildman–Crippen MR) is 123 cm³/mol.